The average molecular weight is 417 g/mol. The predicted octanol–water partition coefficient (Wildman–Crippen LogP) is 4.35. The second-order valence-corrected chi connectivity index (χ2v) is 7.05. The number of phenolic OH excluding ortho intramolecular Hbond substituents is 2. The number of nitrogens with zero attached hydrogens (tertiary/aromatic N) is 1. The van der Waals surface area contributed by atoms with E-state index in [1.807, 2.05) is 48.5 Å². The smallest absolute Gasteiger partial charge is 0.191 e. The number of nitrogens with one attached hydrogen (secondary N) is 2. The summed E-state index contributed by atoms with van der Waals surface area (Å²) in [4.78, 5) is 0. The van der Waals surface area contributed by atoms with Gasteiger partial charge in [-0.25, -0.2) is 0 Å². The minimum absolute atomic E-state index is 0.0581. The summed E-state index contributed by atoms with van der Waals surface area (Å²) in [7, 11) is 0. The van der Waals surface area contributed by atoms with Crippen molar-refractivity contribution in [3.05, 3.63) is 83.4 Å². The van der Waals surface area contributed by atoms with Gasteiger partial charge in [-0.3, -0.25) is 5.43 Å². The summed E-state index contributed by atoms with van der Waals surface area (Å²) >= 11 is 5.21. The molecule has 30 heavy (non-hydrogen) atoms. The van der Waals surface area contributed by atoms with Crippen molar-refractivity contribution in [1.82, 2.24) is 5.43 Å². The summed E-state index contributed by atoms with van der Waals surface area (Å²) in [6.07, 6.45) is 3.49. The highest BCUT2D eigenvalue weighted by Crippen LogP contribution is 2.35. The zero-order chi connectivity index (χ0) is 20.9. The summed E-state index contributed by atoms with van der Waals surface area (Å²) in [5.74, 6) is 0.871. The fourth-order valence-corrected chi connectivity index (χ4v) is 3.18. The monoisotopic (exact) mass is 417 g/mol. The summed E-state index contributed by atoms with van der Waals surface area (Å²) in [6, 6.07) is 19.8. The molecule has 6 nitrogen and oxygen atoms in total. The van der Waals surface area contributed by atoms with Crippen LogP contribution in [-0.2, 0) is 0 Å². The van der Waals surface area contributed by atoms with E-state index in [0.29, 0.717) is 23.0 Å². The van der Waals surface area contributed by atoms with Gasteiger partial charge < -0.3 is 20.3 Å². The first kappa shape index (κ1) is 19.5. The van der Waals surface area contributed by atoms with Crippen molar-refractivity contribution >= 4 is 40.9 Å². The molecule has 0 unspecified atom stereocenters. The third kappa shape index (κ3) is 4.59. The SMILES string of the molecule is Oc1ccc(C2=Cc3cc(/C=N/NC(=S)Nc4ccccc4)c(O)cc3OC2)cc1. The zero-order valence-electron chi connectivity index (χ0n) is 15.9. The van der Waals surface area contributed by atoms with E-state index in [4.69, 9.17) is 17.0 Å². The molecule has 0 saturated heterocycles. The van der Waals surface area contributed by atoms with Crippen molar-refractivity contribution in [2.75, 3.05) is 11.9 Å². The second-order valence-electron chi connectivity index (χ2n) is 6.64. The van der Waals surface area contributed by atoms with Gasteiger partial charge in [0.2, 0.25) is 0 Å². The van der Waals surface area contributed by atoms with E-state index in [9.17, 15) is 10.2 Å². The van der Waals surface area contributed by atoms with Crippen LogP contribution in [-0.4, -0.2) is 28.1 Å². The molecule has 0 bridgehead atoms. The molecule has 0 aliphatic carbocycles. The predicted molar refractivity (Wildman–Crippen MR) is 123 cm³/mol. The minimum Gasteiger partial charge on any atom is -0.508 e. The Morgan fingerprint density at radius 2 is 1.80 bits per heavy atom. The highest BCUT2D eigenvalue weighted by molar-refractivity contribution is 7.80. The number of benzene rings is 3. The van der Waals surface area contributed by atoms with E-state index < -0.39 is 0 Å². The highest BCUT2D eigenvalue weighted by Gasteiger charge is 2.15. The molecule has 4 rings (SSSR count). The lowest BCUT2D eigenvalue weighted by molar-refractivity contribution is 0.362. The number of fused-ring (bicyclic) bond motifs is 1. The molecular formula is C23H19N3O3S. The number of aromatic hydroxyl groups is 2. The molecule has 7 heteroatoms. The molecule has 3 aromatic carbocycles. The summed E-state index contributed by atoms with van der Waals surface area (Å²) < 4.78 is 5.78. The fourth-order valence-electron chi connectivity index (χ4n) is 3.01. The van der Waals surface area contributed by atoms with Gasteiger partial charge in [-0.1, -0.05) is 30.3 Å². The molecule has 0 radical (unpaired) electrons. The van der Waals surface area contributed by atoms with Crippen LogP contribution in [0.5, 0.6) is 17.2 Å². The van der Waals surface area contributed by atoms with Gasteiger partial charge in [0.1, 0.15) is 23.9 Å². The lowest BCUT2D eigenvalue weighted by Crippen LogP contribution is -2.23. The molecule has 150 valence electrons. The third-order valence-electron chi connectivity index (χ3n) is 4.51. The Labute approximate surface area is 179 Å². The van der Waals surface area contributed by atoms with Crippen LogP contribution < -0.4 is 15.5 Å². The maximum Gasteiger partial charge on any atom is 0.191 e. The summed E-state index contributed by atoms with van der Waals surface area (Å²) in [5.41, 5.74) is 6.87. The molecule has 0 fully saturated rings. The van der Waals surface area contributed by atoms with Gasteiger partial charge in [0.15, 0.2) is 5.11 Å². The number of rotatable bonds is 4. The van der Waals surface area contributed by atoms with Gasteiger partial charge in [0, 0.05) is 22.9 Å². The molecule has 1 heterocycles. The van der Waals surface area contributed by atoms with Crippen molar-refractivity contribution < 1.29 is 14.9 Å². The van der Waals surface area contributed by atoms with E-state index >= 15 is 0 Å². The van der Waals surface area contributed by atoms with Gasteiger partial charge in [-0.2, -0.15) is 5.10 Å². The number of hydrogen-bond acceptors (Lipinski definition) is 5. The van der Waals surface area contributed by atoms with Crippen LogP contribution in [0.4, 0.5) is 5.69 Å². The van der Waals surface area contributed by atoms with Crippen LogP contribution in [0.15, 0.2) is 71.8 Å². The first-order valence-corrected chi connectivity index (χ1v) is 9.64. The number of para-hydroxylation sites is 1. The second kappa shape index (κ2) is 8.67. The van der Waals surface area contributed by atoms with Crippen LogP contribution in [0.1, 0.15) is 16.7 Å². The summed E-state index contributed by atoms with van der Waals surface area (Å²) in [5, 5.41) is 27.2. The fraction of sp³-hybridized carbons (Fsp3) is 0.0435. The Balaban J connectivity index is 1.49. The lowest BCUT2D eigenvalue weighted by atomic mass is 9.99. The van der Waals surface area contributed by atoms with Gasteiger partial charge >= 0.3 is 0 Å². The standard InChI is InChI=1S/C23H19N3O3S/c27-20-8-6-15(7-9-20)18-11-16-10-17(21(28)12-22(16)29-14-18)13-24-26-23(30)25-19-4-2-1-3-5-19/h1-13,27-28H,14H2,(H2,25,26,30)/b24-13+. The molecule has 0 saturated carbocycles. The van der Waals surface area contributed by atoms with Crippen molar-refractivity contribution in [1.29, 1.82) is 0 Å². The lowest BCUT2D eigenvalue weighted by Gasteiger charge is -2.19. The van der Waals surface area contributed by atoms with Gasteiger partial charge in [0.25, 0.3) is 0 Å². The molecule has 1 aliphatic heterocycles. The molecule has 3 aromatic rings. The maximum atomic E-state index is 10.3. The Morgan fingerprint density at radius 3 is 2.57 bits per heavy atom. The first-order valence-electron chi connectivity index (χ1n) is 9.23. The van der Waals surface area contributed by atoms with Crippen LogP contribution in [0.25, 0.3) is 11.6 Å². The van der Waals surface area contributed by atoms with Crippen LogP contribution >= 0.6 is 12.2 Å². The van der Waals surface area contributed by atoms with Crippen LogP contribution in [0.2, 0.25) is 0 Å². The van der Waals surface area contributed by atoms with E-state index in [2.05, 4.69) is 15.8 Å². The Morgan fingerprint density at radius 1 is 1.03 bits per heavy atom. The highest BCUT2D eigenvalue weighted by atomic mass is 32.1. The molecular weight excluding hydrogens is 398 g/mol. The van der Waals surface area contributed by atoms with Crippen LogP contribution in [0, 0.1) is 0 Å². The van der Waals surface area contributed by atoms with Gasteiger partial charge in [-0.15, -0.1) is 0 Å². The number of hydrazone groups is 1. The topological polar surface area (TPSA) is 86.1 Å². The van der Waals surface area contributed by atoms with E-state index in [-0.39, 0.29) is 11.5 Å². The third-order valence-corrected chi connectivity index (χ3v) is 4.70. The Hall–Kier alpha value is -3.84. The average Bonchev–Trinajstić information content (AvgIpc) is 2.75. The number of hydrogen-bond donors (Lipinski definition) is 4. The van der Waals surface area contributed by atoms with E-state index in [1.165, 1.54) is 6.21 Å². The van der Waals surface area contributed by atoms with E-state index in [0.717, 1.165) is 22.4 Å². The largest absolute Gasteiger partial charge is 0.508 e. The molecule has 1 aliphatic rings. The molecule has 0 spiro atoms. The summed E-state index contributed by atoms with van der Waals surface area (Å²) in [6.45, 7) is 0.381. The van der Waals surface area contributed by atoms with Gasteiger partial charge in [-0.05, 0) is 59.8 Å². The number of ether oxygens (including phenoxy) is 1. The number of anilines is 1. The quantitative estimate of drug-likeness (QED) is 0.287. The zero-order valence-corrected chi connectivity index (χ0v) is 16.7. The Bertz CT molecular complexity index is 1130. The van der Waals surface area contributed by atoms with Crippen molar-refractivity contribution in [3.63, 3.8) is 0 Å². The molecule has 4 N–H and O–H groups in total. The van der Waals surface area contributed by atoms with E-state index in [1.54, 1.807) is 24.3 Å². The van der Waals surface area contributed by atoms with Gasteiger partial charge in [0.05, 0.1) is 6.21 Å². The van der Waals surface area contributed by atoms with Crippen molar-refractivity contribution in [3.8, 4) is 17.2 Å². The first-order chi connectivity index (χ1) is 14.6. The normalized spacial score (nSPS) is 12.6. The number of phenols is 2. The molecule has 0 aromatic heterocycles. The van der Waals surface area contributed by atoms with Crippen LogP contribution in [0.3, 0.4) is 0 Å². The molecule has 0 atom stereocenters. The minimum atomic E-state index is 0.0581. The van der Waals surface area contributed by atoms with Crippen molar-refractivity contribution in [2.45, 2.75) is 0 Å². The number of thiocarbonyl (C=S) groups is 1. The Kier molecular flexibility index (Phi) is 5.63. The van der Waals surface area contributed by atoms with Crippen molar-refractivity contribution in [2.24, 2.45) is 5.10 Å². The molecule has 0 amide bonds. The maximum absolute atomic E-state index is 10.3.